The number of allylic oxidation sites excluding steroid dienone is 2. The summed E-state index contributed by atoms with van der Waals surface area (Å²) in [6.07, 6.45) is 10.3. The summed E-state index contributed by atoms with van der Waals surface area (Å²) in [4.78, 5) is 38.2. The normalized spacial score (nSPS) is 22.4. The van der Waals surface area contributed by atoms with Crippen LogP contribution in [0.3, 0.4) is 0 Å². The van der Waals surface area contributed by atoms with Crippen molar-refractivity contribution in [1.29, 1.82) is 0 Å². The van der Waals surface area contributed by atoms with Crippen molar-refractivity contribution < 1.29 is 30.8 Å². The number of carbonyl (C=O) groups excluding carboxylic acids is 2. The summed E-state index contributed by atoms with van der Waals surface area (Å²) in [6, 6.07) is 3.72. The Morgan fingerprint density at radius 3 is 3.07 bits per heavy atom. The number of rotatable bonds is 6. The van der Waals surface area contributed by atoms with Crippen LogP contribution in [0.15, 0.2) is 48.3 Å². The first-order chi connectivity index (χ1) is 14.6. The van der Waals surface area contributed by atoms with Gasteiger partial charge < -0.3 is 0 Å². The quantitative estimate of drug-likeness (QED) is 0.395. The standard InChI is InChI=1S/C21H21IN5O2S/c1-13-18(19(28)24-11-15-3-2-6-23-10-15)30-20(25-13)27-8-7-26(21(27)29)12-14-4-5-16-17(9-14)22-16/h2-6,9-10,16-17H,7-8,11-12H2,1H3,(H,24,28)/q-1. The van der Waals surface area contributed by atoms with Crippen LogP contribution < -0.4 is 31.4 Å². The van der Waals surface area contributed by atoms with Crippen molar-refractivity contribution in [2.24, 2.45) is 0 Å². The van der Waals surface area contributed by atoms with Gasteiger partial charge >= 0.3 is 148 Å². The summed E-state index contributed by atoms with van der Waals surface area (Å²) in [5.41, 5.74) is 2.82. The molecule has 1 aliphatic carbocycles. The minimum Gasteiger partial charge on any atom is -0.264 e. The van der Waals surface area contributed by atoms with Gasteiger partial charge in [-0.15, -0.1) is 0 Å². The fourth-order valence-corrected chi connectivity index (χ4v) is 6.87. The van der Waals surface area contributed by atoms with Gasteiger partial charge in [0.2, 0.25) is 0 Å². The van der Waals surface area contributed by atoms with E-state index in [-0.39, 0.29) is 11.9 Å². The van der Waals surface area contributed by atoms with Crippen molar-refractivity contribution in [3.05, 3.63) is 64.5 Å². The number of nitrogens with one attached hydrogen (secondary N) is 1. The van der Waals surface area contributed by atoms with Gasteiger partial charge in [0, 0.05) is 18.9 Å². The summed E-state index contributed by atoms with van der Waals surface area (Å²) < 4.78 is 1.62. The molecule has 0 spiro atoms. The number of aryl methyl sites for hydroxylation is 1. The Balaban J connectivity index is 1.23. The van der Waals surface area contributed by atoms with Gasteiger partial charge in [0.1, 0.15) is 0 Å². The van der Waals surface area contributed by atoms with Crippen LogP contribution in [0.2, 0.25) is 0 Å². The zero-order valence-corrected chi connectivity index (χ0v) is 19.4. The molecule has 2 aromatic rings. The van der Waals surface area contributed by atoms with Crippen LogP contribution in [0, 0.1) is 6.92 Å². The fourth-order valence-electron chi connectivity index (χ4n) is 3.58. The number of hydrogen-bond acceptors (Lipinski definition) is 5. The van der Waals surface area contributed by atoms with Gasteiger partial charge in [0.25, 0.3) is 0 Å². The molecule has 7 nitrogen and oxygen atoms in total. The first kappa shape index (κ1) is 19.7. The molecule has 2 atom stereocenters. The van der Waals surface area contributed by atoms with E-state index in [1.165, 1.54) is 16.9 Å². The number of amides is 3. The van der Waals surface area contributed by atoms with Crippen molar-refractivity contribution >= 4 is 28.4 Å². The molecule has 0 aromatic carbocycles. The second kappa shape index (κ2) is 8.10. The Bertz CT molecular complexity index is 1050. The van der Waals surface area contributed by atoms with Gasteiger partial charge in [-0.2, -0.15) is 0 Å². The second-order valence-corrected chi connectivity index (χ2v) is 12.0. The third-order valence-corrected chi connectivity index (χ3v) is 9.60. The minimum atomic E-state index is -0.177. The number of alkyl halides is 2. The average molecular weight is 534 g/mol. The van der Waals surface area contributed by atoms with E-state index in [1.54, 1.807) is 17.3 Å². The SMILES string of the molecule is Cc1nc(N2CCN(CC3=CC4[I-]C4C=C3)C2=O)sc1C(=O)NCc1cccnc1. The number of thiazole rings is 1. The number of aromatic nitrogens is 2. The van der Waals surface area contributed by atoms with Crippen LogP contribution in [-0.2, 0) is 6.54 Å². The van der Waals surface area contributed by atoms with Crippen LogP contribution in [0.1, 0.15) is 20.9 Å². The van der Waals surface area contributed by atoms with Gasteiger partial charge in [-0.05, 0) is 11.6 Å². The van der Waals surface area contributed by atoms with E-state index >= 15 is 0 Å². The molecular weight excluding hydrogens is 513 g/mol. The Hall–Kier alpha value is -2.27. The summed E-state index contributed by atoms with van der Waals surface area (Å²) in [7, 11) is 0. The molecule has 2 aliphatic heterocycles. The number of halogens is 1. The molecule has 2 fully saturated rings. The third-order valence-electron chi connectivity index (χ3n) is 5.26. The predicted molar refractivity (Wildman–Crippen MR) is 111 cm³/mol. The van der Waals surface area contributed by atoms with Crippen molar-refractivity contribution in [3.8, 4) is 0 Å². The van der Waals surface area contributed by atoms with Crippen LogP contribution >= 0.6 is 11.3 Å². The topological polar surface area (TPSA) is 78.4 Å². The Kier molecular flexibility index (Phi) is 5.32. The molecular formula is C21H21IN5O2S-. The van der Waals surface area contributed by atoms with E-state index < -0.39 is 0 Å². The van der Waals surface area contributed by atoms with Gasteiger partial charge in [0.05, 0.1) is 0 Å². The number of urea groups is 1. The zero-order chi connectivity index (χ0) is 20.7. The van der Waals surface area contributed by atoms with Gasteiger partial charge in [0.15, 0.2) is 0 Å². The molecule has 0 saturated carbocycles. The Morgan fingerprint density at radius 1 is 1.37 bits per heavy atom. The molecule has 9 heteroatoms. The number of carbonyl (C=O) groups is 2. The van der Waals surface area contributed by atoms with E-state index in [4.69, 9.17) is 0 Å². The zero-order valence-electron chi connectivity index (χ0n) is 16.4. The van der Waals surface area contributed by atoms with E-state index in [0.717, 1.165) is 13.4 Å². The third kappa shape index (κ3) is 4.00. The molecule has 4 heterocycles. The smallest absolute Gasteiger partial charge is 0.264 e. The van der Waals surface area contributed by atoms with Gasteiger partial charge in [-0.3, -0.25) is 4.98 Å². The average Bonchev–Trinajstić information content (AvgIpc) is 3.30. The summed E-state index contributed by atoms with van der Waals surface area (Å²) in [6.45, 7) is 4.14. The van der Waals surface area contributed by atoms with E-state index in [9.17, 15) is 9.59 Å². The van der Waals surface area contributed by atoms with Crippen LogP contribution in [0.5, 0.6) is 0 Å². The van der Waals surface area contributed by atoms with E-state index in [2.05, 4.69) is 33.5 Å². The van der Waals surface area contributed by atoms with Gasteiger partial charge in [-0.1, -0.05) is 6.07 Å². The number of pyridine rings is 1. The predicted octanol–water partition coefficient (Wildman–Crippen LogP) is -0.645. The minimum absolute atomic E-state index is 0.0343. The monoisotopic (exact) mass is 534 g/mol. The maximum absolute atomic E-state index is 12.9. The van der Waals surface area contributed by atoms with Crippen molar-refractivity contribution in [2.45, 2.75) is 21.3 Å². The van der Waals surface area contributed by atoms with E-state index in [1.807, 2.05) is 24.0 Å². The molecule has 2 saturated heterocycles. The molecule has 3 amide bonds. The summed E-state index contributed by atoms with van der Waals surface area (Å²) in [5.74, 6) is -0.177. The maximum atomic E-state index is 12.9. The molecule has 156 valence electrons. The van der Waals surface area contributed by atoms with Gasteiger partial charge in [-0.25, -0.2) is 0 Å². The Morgan fingerprint density at radius 2 is 2.27 bits per heavy atom. The Labute approximate surface area is 189 Å². The molecule has 2 unspecified atom stereocenters. The fraction of sp³-hybridized carbons (Fsp3) is 0.333. The molecule has 5 rings (SSSR count). The summed E-state index contributed by atoms with van der Waals surface area (Å²) in [5, 5.41) is 3.50. The van der Waals surface area contributed by atoms with E-state index in [0.29, 0.717) is 63.1 Å². The van der Waals surface area contributed by atoms with Crippen molar-refractivity contribution in [3.63, 3.8) is 0 Å². The molecule has 0 bridgehead atoms. The van der Waals surface area contributed by atoms with Crippen molar-refractivity contribution in [1.82, 2.24) is 20.2 Å². The molecule has 0 radical (unpaired) electrons. The number of anilines is 1. The molecule has 1 N–H and O–H groups in total. The molecule has 30 heavy (non-hydrogen) atoms. The first-order valence-electron chi connectivity index (χ1n) is 9.80. The van der Waals surface area contributed by atoms with Crippen LogP contribution in [-0.4, -0.2) is 54.3 Å². The number of fused-ring (bicyclic) bond motifs is 1. The molecule has 2 aromatic heterocycles. The van der Waals surface area contributed by atoms with Crippen LogP contribution in [0.4, 0.5) is 9.93 Å². The number of nitrogens with zero attached hydrogens (tertiary/aromatic N) is 4. The first-order valence-corrected chi connectivity index (χ1v) is 13.1. The van der Waals surface area contributed by atoms with Crippen molar-refractivity contribution in [2.75, 3.05) is 24.5 Å². The summed E-state index contributed by atoms with van der Waals surface area (Å²) >= 11 is 1.59. The molecule has 3 aliphatic rings. The second-order valence-electron chi connectivity index (χ2n) is 7.43. The van der Waals surface area contributed by atoms with Crippen LogP contribution in [0.25, 0.3) is 0 Å². The number of hydrogen-bond donors (Lipinski definition) is 1.